The Morgan fingerprint density at radius 3 is 2.28 bits per heavy atom. The molecule has 1 saturated carbocycles. The van der Waals surface area contributed by atoms with Crippen LogP contribution in [0.2, 0.25) is 0 Å². The van der Waals surface area contributed by atoms with Gasteiger partial charge in [0.15, 0.2) is 0 Å². The normalized spacial score (nSPS) is 16.8. The Kier molecular flexibility index (Phi) is 6.65. The SMILES string of the molecule is CC(C)N(CCCCCNC(C)(C)C)CC1CC1. The highest BCUT2D eigenvalue weighted by Gasteiger charge is 2.24. The second-order valence-electron chi connectivity index (χ2n) is 7.27. The Morgan fingerprint density at radius 2 is 1.78 bits per heavy atom. The van der Waals surface area contributed by atoms with Gasteiger partial charge in [-0.05, 0) is 79.3 Å². The number of unbranched alkanes of at least 4 members (excludes halogenated alkanes) is 2. The summed E-state index contributed by atoms with van der Waals surface area (Å²) in [6.07, 6.45) is 6.97. The van der Waals surface area contributed by atoms with Crippen LogP contribution in [0.15, 0.2) is 0 Å². The van der Waals surface area contributed by atoms with Gasteiger partial charge in [0, 0.05) is 18.1 Å². The molecule has 0 aromatic carbocycles. The molecule has 0 aliphatic heterocycles. The molecular weight excluding hydrogens is 220 g/mol. The summed E-state index contributed by atoms with van der Waals surface area (Å²) in [5.41, 5.74) is 0.274. The maximum atomic E-state index is 3.56. The third-order valence-electron chi connectivity index (χ3n) is 3.70. The Bertz CT molecular complexity index is 214. The predicted octanol–water partition coefficient (Wildman–Crippen LogP) is 3.67. The van der Waals surface area contributed by atoms with Crippen LogP contribution in [-0.4, -0.2) is 36.1 Å². The van der Waals surface area contributed by atoms with Crippen LogP contribution in [0.4, 0.5) is 0 Å². The van der Waals surface area contributed by atoms with Crippen LogP contribution in [0.25, 0.3) is 0 Å². The molecule has 0 aromatic heterocycles. The fourth-order valence-electron chi connectivity index (χ4n) is 2.27. The lowest BCUT2D eigenvalue weighted by Gasteiger charge is -2.26. The van der Waals surface area contributed by atoms with Crippen molar-refractivity contribution in [1.82, 2.24) is 10.2 Å². The van der Waals surface area contributed by atoms with E-state index in [1.54, 1.807) is 0 Å². The van der Waals surface area contributed by atoms with Gasteiger partial charge in [-0.15, -0.1) is 0 Å². The smallest absolute Gasteiger partial charge is 0.00965 e. The van der Waals surface area contributed by atoms with E-state index in [-0.39, 0.29) is 5.54 Å². The lowest BCUT2D eigenvalue weighted by Crippen LogP contribution is -2.36. The lowest BCUT2D eigenvalue weighted by molar-refractivity contribution is 0.208. The fourth-order valence-corrected chi connectivity index (χ4v) is 2.27. The monoisotopic (exact) mass is 254 g/mol. The summed E-state index contributed by atoms with van der Waals surface area (Å²) < 4.78 is 0. The maximum absolute atomic E-state index is 3.56. The summed E-state index contributed by atoms with van der Waals surface area (Å²) in [7, 11) is 0. The molecule has 0 saturated heterocycles. The first-order chi connectivity index (χ1) is 8.38. The van der Waals surface area contributed by atoms with Gasteiger partial charge >= 0.3 is 0 Å². The molecule has 0 bridgehead atoms. The van der Waals surface area contributed by atoms with E-state index >= 15 is 0 Å². The molecule has 0 atom stereocenters. The van der Waals surface area contributed by atoms with Gasteiger partial charge in [-0.25, -0.2) is 0 Å². The molecule has 1 rings (SSSR count). The highest BCUT2D eigenvalue weighted by molar-refractivity contribution is 4.78. The fraction of sp³-hybridized carbons (Fsp3) is 1.00. The van der Waals surface area contributed by atoms with Crippen LogP contribution >= 0.6 is 0 Å². The number of hydrogen-bond donors (Lipinski definition) is 1. The van der Waals surface area contributed by atoms with Gasteiger partial charge in [-0.3, -0.25) is 0 Å². The molecule has 1 aliphatic carbocycles. The van der Waals surface area contributed by atoms with Gasteiger partial charge < -0.3 is 10.2 Å². The minimum Gasteiger partial charge on any atom is -0.312 e. The summed E-state index contributed by atoms with van der Waals surface area (Å²) in [6, 6.07) is 0.721. The quantitative estimate of drug-likeness (QED) is 0.632. The van der Waals surface area contributed by atoms with Crippen molar-refractivity contribution in [1.29, 1.82) is 0 Å². The molecular formula is C16H34N2. The Balaban J connectivity index is 2.00. The Labute approximate surface area is 115 Å². The summed E-state index contributed by atoms with van der Waals surface area (Å²) in [5.74, 6) is 1.02. The number of nitrogens with zero attached hydrogens (tertiary/aromatic N) is 1. The molecule has 2 nitrogen and oxygen atoms in total. The first kappa shape index (κ1) is 16.0. The average molecular weight is 254 g/mol. The highest BCUT2D eigenvalue weighted by Crippen LogP contribution is 2.30. The summed E-state index contributed by atoms with van der Waals surface area (Å²) >= 11 is 0. The van der Waals surface area contributed by atoms with Gasteiger partial charge in [0.2, 0.25) is 0 Å². The zero-order valence-corrected chi connectivity index (χ0v) is 13.3. The zero-order chi connectivity index (χ0) is 13.6. The molecule has 0 amide bonds. The Morgan fingerprint density at radius 1 is 1.11 bits per heavy atom. The highest BCUT2D eigenvalue weighted by atomic mass is 15.1. The van der Waals surface area contributed by atoms with E-state index in [1.165, 1.54) is 45.2 Å². The first-order valence-corrected chi connectivity index (χ1v) is 7.87. The molecule has 2 heteroatoms. The van der Waals surface area contributed by atoms with E-state index in [9.17, 15) is 0 Å². The topological polar surface area (TPSA) is 15.3 Å². The van der Waals surface area contributed by atoms with Crippen molar-refractivity contribution in [2.24, 2.45) is 5.92 Å². The van der Waals surface area contributed by atoms with Gasteiger partial charge in [-0.1, -0.05) is 6.42 Å². The van der Waals surface area contributed by atoms with Crippen LogP contribution in [0, 0.1) is 5.92 Å². The Hall–Kier alpha value is -0.0800. The van der Waals surface area contributed by atoms with Crippen LogP contribution in [0.3, 0.4) is 0 Å². The summed E-state index contributed by atoms with van der Waals surface area (Å²) in [4.78, 5) is 2.68. The van der Waals surface area contributed by atoms with E-state index in [0.29, 0.717) is 0 Å². The standard InChI is InChI=1S/C16H34N2/c1-14(2)18(13-15-9-10-15)12-8-6-7-11-17-16(3,4)5/h14-15,17H,6-13H2,1-5H3. The van der Waals surface area contributed by atoms with Gasteiger partial charge in [0.1, 0.15) is 0 Å². The van der Waals surface area contributed by atoms with E-state index < -0.39 is 0 Å². The van der Waals surface area contributed by atoms with Gasteiger partial charge in [-0.2, -0.15) is 0 Å². The molecule has 18 heavy (non-hydrogen) atoms. The van der Waals surface area contributed by atoms with Gasteiger partial charge in [0.25, 0.3) is 0 Å². The second kappa shape index (κ2) is 7.49. The summed E-state index contributed by atoms with van der Waals surface area (Å²) in [5, 5.41) is 3.56. The molecule has 1 N–H and O–H groups in total. The van der Waals surface area contributed by atoms with E-state index in [2.05, 4.69) is 44.8 Å². The minimum absolute atomic E-state index is 0.274. The van der Waals surface area contributed by atoms with Crippen LogP contribution < -0.4 is 5.32 Å². The molecule has 108 valence electrons. The van der Waals surface area contributed by atoms with Crippen molar-refractivity contribution in [3.8, 4) is 0 Å². The number of nitrogens with one attached hydrogen (secondary N) is 1. The molecule has 0 unspecified atom stereocenters. The summed E-state index contributed by atoms with van der Waals surface area (Å²) in [6.45, 7) is 15.2. The minimum atomic E-state index is 0.274. The average Bonchev–Trinajstić information content (AvgIpc) is 3.03. The molecule has 1 aliphatic rings. The van der Waals surface area contributed by atoms with Crippen molar-refractivity contribution in [3.63, 3.8) is 0 Å². The first-order valence-electron chi connectivity index (χ1n) is 7.87. The largest absolute Gasteiger partial charge is 0.312 e. The van der Waals surface area contributed by atoms with E-state index in [0.717, 1.165) is 18.5 Å². The second-order valence-corrected chi connectivity index (χ2v) is 7.27. The van der Waals surface area contributed by atoms with Crippen molar-refractivity contribution < 1.29 is 0 Å². The number of rotatable bonds is 9. The van der Waals surface area contributed by atoms with Crippen LogP contribution in [0.5, 0.6) is 0 Å². The van der Waals surface area contributed by atoms with Crippen molar-refractivity contribution in [2.75, 3.05) is 19.6 Å². The molecule has 0 heterocycles. The molecule has 0 aromatic rings. The van der Waals surface area contributed by atoms with Crippen LogP contribution in [-0.2, 0) is 0 Å². The van der Waals surface area contributed by atoms with Gasteiger partial charge in [0.05, 0.1) is 0 Å². The third-order valence-corrected chi connectivity index (χ3v) is 3.70. The van der Waals surface area contributed by atoms with Crippen molar-refractivity contribution >= 4 is 0 Å². The third kappa shape index (κ3) is 8.10. The van der Waals surface area contributed by atoms with Crippen molar-refractivity contribution in [3.05, 3.63) is 0 Å². The lowest BCUT2D eigenvalue weighted by atomic mass is 10.1. The van der Waals surface area contributed by atoms with Crippen LogP contribution in [0.1, 0.15) is 66.7 Å². The predicted molar refractivity (Wildman–Crippen MR) is 81.0 cm³/mol. The van der Waals surface area contributed by atoms with E-state index in [4.69, 9.17) is 0 Å². The van der Waals surface area contributed by atoms with Crippen molar-refractivity contribution in [2.45, 2.75) is 78.3 Å². The maximum Gasteiger partial charge on any atom is 0.00965 e. The molecule has 0 radical (unpaired) electrons. The molecule has 1 fully saturated rings. The van der Waals surface area contributed by atoms with E-state index in [1.807, 2.05) is 0 Å². The molecule has 0 spiro atoms. The number of hydrogen-bond acceptors (Lipinski definition) is 2. The zero-order valence-electron chi connectivity index (χ0n) is 13.3.